The number of hydrogen-bond acceptors (Lipinski definition) is 8. The molecule has 0 aromatic heterocycles. The van der Waals surface area contributed by atoms with Crippen LogP contribution in [-0.2, 0) is 20.8 Å². The molecule has 0 radical (unpaired) electrons. The van der Waals surface area contributed by atoms with Gasteiger partial charge in [0.15, 0.2) is 11.4 Å². The summed E-state index contributed by atoms with van der Waals surface area (Å²) < 4.78 is 14.9. The van der Waals surface area contributed by atoms with Gasteiger partial charge in [-0.05, 0) is 25.2 Å². The molecular formula is C22H23FN2O7. The number of halogens is 1. The van der Waals surface area contributed by atoms with Crippen LogP contribution in [0, 0.1) is 17.7 Å². The van der Waals surface area contributed by atoms with Gasteiger partial charge in [-0.2, -0.15) is 0 Å². The van der Waals surface area contributed by atoms with Gasteiger partial charge in [-0.1, -0.05) is 6.92 Å². The number of phenols is 1. The molecule has 3 atom stereocenters. The minimum atomic E-state index is -2.64. The topological polar surface area (TPSA) is 170 Å². The Bertz CT molecular complexity index is 1140. The lowest BCUT2D eigenvalue weighted by Crippen LogP contribution is -2.58. The third-order valence-electron chi connectivity index (χ3n) is 6.57. The largest absolute Gasteiger partial charge is 0.508 e. The molecule has 7 N–H and O–H groups in total. The molecule has 1 fully saturated rings. The zero-order valence-electron chi connectivity index (χ0n) is 17.2. The number of ketones is 2. The lowest BCUT2D eigenvalue weighted by atomic mass is 9.59. The number of Topliss-reactive ketones (excluding diaryl/α,β-unsaturated/α-hetero) is 2. The maximum Gasteiger partial charge on any atom is 0.255 e. The first-order chi connectivity index (χ1) is 15.0. The first-order valence-corrected chi connectivity index (χ1v) is 10.3. The van der Waals surface area contributed by atoms with Crippen LogP contribution in [0.3, 0.4) is 0 Å². The van der Waals surface area contributed by atoms with E-state index in [-0.39, 0.29) is 35.2 Å². The van der Waals surface area contributed by atoms with Crippen molar-refractivity contribution in [3.63, 3.8) is 0 Å². The van der Waals surface area contributed by atoms with Crippen LogP contribution in [0.2, 0.25) is 0 Å². The quantitative estimate of drug-likeness (QED) is 0.298. The van der Waals surface area contributed by atoms with E-state index >= 15 is 0 Å². The van der Waals surface area contributed by atoms with E-state index in [9.17, 15) is 39.2 Å². The summed E-state index contributed by atoms with van der Waals surface area (Å²) in [5.41, 5.74) is 1.13. The van der Waals surface area contributed by atoms with Gasteiger partial charge in [0.25, 0.3) is 5.91 Å². The predicted octanol–water partition coefficient (Wildman–Crippen LogP) is 1.38. The van der Waals surface area contributed by atoms with Crippen LogP contribution in [-0.4, -0.2) is 50.0 Å². The normalized spacial score (nSPS) is 27.1. The Labute approximate surface area is 182 Å². The van der Waals surface area contributed by atoms with Gasteiger partial charge in [0.2, 0.25) is 5.78 Å². The minimum absolute atomic E-state index is 0.00811. The fourth-order valence-corrected chi connectivity index (χ4v) is 5.04. The first kappa shape index (κ1) is 21.8. The maximum absolute atomic E-state index is 14.9. The lowest BCUT2D eigenvalue weighted by molar-refractivity contribution is -0.147. The van der Waals surface area contributed by atoms with Gasteiger partial charge in [-0.15, -0.1) is 0 Å². The van der Waals surface area contributed by atoms with Crippen molar-refractivity contribution in [2.45, 2.75) is 38.2 Å². The number of hydrogen-bond donors (Lipinski definition) is 6. The number of carbonyl (C=O) groups is 3. The van der Waals surface area contributed by atoms with E-state index in [1.165, 1.54) is 0 Å². The highest BCUT2D eigenvalue weighted by molar-refractivity contribution is 6.22. The lowest BCUT2D eigenvalue weighted by Gasteiger charge is -2.46. The molecule has 0 spiro atoms. The van der Waals surface area contributed by atoms with Crippen LogP contribution >= 0.6 is 0 Å². The number of carbonyl (C=O) groups excluding carboxylic acids is 3. The molecule has 4 rings (SSSR count). The van der Waals surface area contributed by atoms with Gasteiger partial charge >= 0.3 is 0 Å². The van der Waals surface area contributed by atoms with Gasteiger partial charge < -0.3 is 31.5 Å². The molecule has 1 unspecified atom stereocenters. The molecule has 9 nitrogen and oxygen atoms in total. The van der Waals surface area contributed by atoms with Crippen LogP contribution in [0.25, 0.3) is 5.76 Å². The highest BCUT2D eigenvalue weighted by atomic mass is 19.1. The molecule has 0 bridgehead atoms. The van der Waals surface area contributed by atoms with Crippen LogP contribution in [0.1, 0.15) is 37.3 Å². The second kappa shape index (κ2) is 7.33. The summed E-state index contributed by atoms with van der Waals surface area (Å²) in [5.74, 6) is -8.05. The smallest absolute Gasteiger partial charge is 0.255 e. The number of rotatable bonds is 4. The van der Waals surface area contributed by atoms with Crippen molar-refractivity contribution in [1.29, 1.82) is 0 Å². The van der Waals surface area contributed by atoms with E-state index < -0.39 is 70.0 Å². The van der Waals surface area contributed by atoms with Crippen molar-refractivity contribution in [2.24, 2.45) is 17.6 Å². The number of phenolic OH excluding ortho intramolecular Hbond substituents is 1. The van der Waals surface area contributed by atoms with Crippen molar-refractivity contribution >= 4 is 28.9 Å². The summed E-state index contributed by atoms with van der Waals surface area (Å²) in [4.78, 5) is 37.3. The van der Waals surface area contributed by atoms with Gasteiger partial charge in [0.05, 0.1) is 11.3 Å². The van der Waals surface area contributed by atoms with Gasteiger partial charge in [0.1, 0.15) is 28.7 Å². The molecule has 170 valence electrons. The number of anilines is 1. The van der Waals surface area contributed by atoms with E-state index in [4.69, 9.17) is 5.73 Å². The fraction of sp³-hybridized carbons (Fsp3) is 0.409. The molecule has 1 aromatic carbocycles. The van der Waals surface area contributed by atoms with Gasteiger partial charge in [0, 0.05) is 36.1 Å². The van der Waals surface area contributed by atoms with Crippen LogP contribution in [0.5, 0.6) is 5.75 Å². The van der Waals surface area contributed by atoms with Crippen LogP contribution in [0.15, 0.2) is 23.0 Å². The highest BCUT2D eigenvalue weighted by Gasteiger charge is 2.60. The second-order valence-electron chi connectivity index (χ2n) is 8.44. The summed E-state index contributed by atoms with van der Waals surface area (Å²) in [5, 5.41) is 46.1. The predicted molar refractivity (Wildman–Crippen MR) is 110 cm³/mol. The third kappa shape index (κ3) is 2.82. The summed E-state index contributed by atoms with van der Waals surface area (Å²) in [6.07, 6.45) is 0.156. The maximum atomic E-state index is 14.9. The van der Waals surface area contributed by atoms with Crippen molar-refractivity contribution in [1.82, 2.24) is 0 Å². The Kier molecular flexibility index (Phi) is 5.00. The van der Waals surface area contributed by atoms with E-state index in [1.54, 1.807) is 0 Å². The number of primary amides is 1. The molecular weight excluding hydrogens is 423 g/mol. The van der Waals surface area contributed by atoms with Crippen LogP contribution < -0.4 is 11.1 Å². The zero-order valence-corrected chi connectivity index (χ0v) is 17.2. The SMILES string of the molecule is CCCNc1cc(F)c2c(c1O)C(O)=C1C(=O)[C@]3(O)C(O)=C(C(N)=O)C(=O)C[C@@H]3CC1C2. The number of aliphatic hydroxyl groups excluding tert-OH is 2. The second-order valence-corrected chi connectivity index (χ2v) is 8.44. The number of amides is 1. The van der Waals surface area contributed by atoms with Crippen molar-refractivity contribution in [2.75, 3.05) is 11.9 Å². The number of aliphatic hydroxyl groups is 3. The fourth-order valence-electron chi connectivity index (χ4n) is 5.04. The van der Waals surface area contributed by atoms with Crippen molar-refractivity contribution < 1.29 is 39.2 Å². The van der Waals surface area contributed by atoms with Crippen LogP contribution in [0.4, 0.5) is 10.1 Å². The Hall–Kier alpha value is -3.40. The number of benzene rings is 1. The summed E-state index contributed by atoms with van der Waals surface area (Å²) in [7, 11) is 0. The van der Waals surface area contributed by atoms with E-state index in [0.29, 0.717) is 13.0 Å². The molecule has 10 heteroatoms. The Morgan fingerprint density at radius 3 is 2.59 bits per heavy atom. The monoisotopic (exact) mass is 446 g/mol. The molecule has 0 heterocycles. The number of nitrogens with one attached hydrogen (secondary N) is 1. The number of nitrogens with two attached hydrogens (primary N) is 1. The first-order valence-electron chi connectivity index (χ1n) is 10.3. The van der Waals surface area contributed by atoms with Gasteiger partial charge in [-0.25, -0.2) is 4.39 Å². The molecule has 0 saturated heterocycles. The molecule has 3 aliphatic carbocycles. The third-order valence-corrected chi connectivity index (χ3v) is 6.57. The van der Waals surface area contributed by atoms with E-state index in [1.807, 2.05) is 6.92 Å². The minimum Gasteiger partial charge on any atom is -0.508 e. The average molecular weight is 446 g/mol. The van der Waals surface area contributed by atoms with E-state index in [2.05, 4.69) is 5.32 Å². The number of aromatic hydroxyl groups is 1. The summed E-state index contributed by atoms with van der Waals surface area (Å²) in [6.45, 7) is 2.30. The molecule has 0 aliphatic heterocycles. The molecule has 32 heavy (non-hydrogen) atoms. The molecule has 1 aromatic rings. The Morgan fingerprint density at radius 2 is 1.97 bits per heavy atom. The highest BCUT2D eigenvalue weighted by Crippen LogP contribution is 2.52. The van der Waals surface area contributed by atoms with Gasteiger partial charge in [-0.3, -0.25) is 14.4 Å². The zero-order chi connectivity index (χ0) is 23.5. The molecule has 1 amide bonds. The Morgan fingerprint density at radius 1 is 1.28 bits per heavy atom. The summed E-state index contributed by atoms with van der Waals surface area (Å²) >= 11 is 0. The van der Waals surface area contributed by atoms with E-state index in [0.717, 1.165) is 6.07 Å². The molecule has 3 aliphatic rings. The van der Waals surface area contributed by atoms with Crippen molar-refractivity contribution in [3.8, 4) is 5.75 Å². The van der Waals surface area contributed by atoms with Crippen molar-refractivity contribution in [3.05, 3.63) is 39.9 Å². The Balaban J connectivity index is 1.90. The number of fused-ring (bicyclic) bond motifs is 3. The molecule has 1 saturated carbocycles. The summed E-state index contributed by atoms with van der Waals surface area (Å²) in [6, 6.07) is 1.11. The average Bonchev–Trinajstić information content (AvgIpc) is 2.71. The standard InChI is InChI=1S/C22H23FN2O7/c1-2-3-25-12-7-11(23)10-5-8-4-9-6-13(26)16(21(24)31)20(30)22(9,32)19(29)14(8)18(28)15(10)17(12)27/h7-9,25,27-28,30,32H,2-6H2,1H3,(H2,24,31)/t8?,9-,22-/m0/s1.